The maximum atomic E-state index is 13.3. The van der Waals surface area contributed by atoms with E-state index in [-0.39, 0.29) is 83.3 Å². The number of pyridine rings is 1. The summed E-state index contributed by atoms with van der Waals surface area (Å²) in [5, 5.41) is 0.143. The van der Waals surface area contributed by atoms with Gasteiger partial charge in [0.1, 0.15) is 22.6 Å². The molecule has 2 unspecified atom stereocenters. The lowest BCUT2D eigenvalue weighted by atomic mass is 9.81. The molecule has 0 bridgehead atoms. The van der Waals surface area contributed by atoms with E-state index in [0.717, 1.165) is 0 Å². The second kappa shape index (κ2) is 11.0. The van der Waals surface area contributed by atoms with Gasteiger partial charge in [-0.1, -0.05) is 18.0 Å². The fourth-order valence-corrected chi connectivity index (χ4v) is 5.64. The Labute approximate surface area is 214 Å². The van der Waals surface area contributed by atoms with Crippen LogP contribution in [0, 0.1) is 11.8 Å². The SMILES string of the molecule is CN1CC(CCCC2CCC(=O)CC2=O)N(Cc2nc(Cl)ccc2C(=O)C2C(=O)CCCC2=O)C1=O. The van der Waals surface area contributed by atoms with Crippen LogP contribution >= 0.6 is 11.6 Å². The molecule has 0 spiro atoms. The Morgan fingerprint density at radius 2 is 1.75 bits per heavy atom. The number of likely N-dealkylation sites (N-methyl/N-ethyl adjacent to an activating group) is 1. The summed E-state index contributed by atoms with van der Waals surface area (Å²) in [6.07, 6.45) is 3.90. The highest BCUT2D eigenvalue weighted by Crippen LogP contribution is 2.29. The van der Waals surface area contributed by atoms with Crippen molar-refractivity contribution in [3.63, 3.8) is 0 Å². The minimum Gasteiger partial charge on any atom is -0.326 e. The highest BCUT2D eigenvalue weighted by Gasteiger charge is 2.40. The molecule has 192 valence electrons. The van der Waals surface area contributed by atoms with E-state index in [1.807, 2.05) is 0 Å². The van der Waals surface area contributed by atoms with E-state index in [1.165, 1.54) is 12.1 Å². The van der Waals surface area contributed by atoms with Crippen LogP contribution in [0.2, 0.25) is 5.15 Å². The van der Waals surface area contributed by atoms with Crippen LogP contribution in [0.3, 0.4) is 0 Å². The quantitative estimate of drug-likeness (QED) is 0.296. The van der Waals surface area contributed by atoms with Crippen molar-refractivity contribution >= 4 is 46.5 Å². The number of nitrogens with zero attached hydrogens (tertiary/aromatic N) is 3. The number of Topliss-reactive ketones (excluding diaryl/α,β-unsaturated/α-hetero) is 5. The molecule has 1 aromatic rings. The molecule has 1 saturated heterocycles. The predicted octanol–water partition coefficient (Wildman–Crippen LogP) is 3.20. The Morgan fingerprint density at radius 3 is 2.44 bits per heavy atom. The molecule has 1 aliphatic heterocycles. The van der Waals surface area contributed by atoms with Gasteiger partial charge in [-0.25, -0.2) is 9.78 Å². The van der Waals surface area contributed by atoms with Crippen molar-refractivity contribution in [3.05, 3.63) is 28.5 Å². The smallest absolute Gasteiger partial charge is 0.320 e. The molecule has 1 aromatic heterocycles. The minimum atomic E-state index is -1.33. The number of amides is 2. The lowest BCUT2D eigenvalue weighted by molar-refractivity contribution is -0.134. The number of carbonyl (C=O) groups is 6. The van der Waals surface area contributed by atoms with Crippen LogP contribution in [-0.2, 0) is 25.7 Å². The summed E-state index contributed by atoms with van der Waals surface area (Å²) in [4.78, 5) is 82.1. The first-order chi connectivity index (χ1) is 17.2. The fraction of sp³-hybridized carbons (Fsp3) is 0.577. The molecule has 4 rings (SSSR count). The van der Waals surface area contributed by atoms with Crippen molar-refractivity contribution in [3.8, 4) is 0 Å². The first-order valence-corrected chi connectivity index (χ1v) is 12.8. The van der Waals surface area contributed by atoms with E-state index < -0.39 is 11.7 Å². The molecule has 9 nitrogen and oxygen atoms in total. The number of rotatable bonds is 8. The summed E-state index contributed by atoms with van der Waals surface area (Å²) in [6.45, 7) is 0.501. The van der Waals surface area contributed by atoms with Crippen molar-refractivity contribution in [2.24, 2.45) is 11.8 Å². The maximum Gasteiger partial charge on any atom is 0.320 e. The summed E-state index contributed by atoms with van der Waals surface area (Å²) in [5.41, 5.74) is 0.389. The van der Waals surface area contributed by atoms with Gasteiger partial charge in [-0.15, -0.1) is 0 Å². The lowest BCUT2D eigenvalue weighted by Crippen LogP contribution is -2.37. The molecule has 2 amide bonds. The standard InChI is InChI=1S/C26H30ClN3O6/c1-29-13-16(5-2-4-15-8-9-17(31)12-22(15)34)30(26(29)36)14-19-18(10-11-23(27)28-19)25(35)24-20(32)6-3-7-21(24)33/h10-11,15-16,24H,2-9,12-14H2,1H3. The average molecular weight is 516 g/mol. The van der Waals surface area contributed by atoms with Gasteiger partial charge in [0.2, 0.25) is 0 Å². The summed E-state index contributed by atoms with van der Waals surface area (Å²) in [5.74, 6) is -2.80. The van der Waals surface area contributed by atoms with E-state index in [0.29, 0.717) is 45.1 Å². The Balaban J connectivity index is 1.48. The van der Waals surface area contributed by atoms with Gasteiger partial charge in [0.15, 0.2) is 17.3 Å². The third kappa shape index (κ3) is 5.56. The van der Waals surface area contributed by atoms with Crippen molar-refractivity contribution in [1.29, 1.82) is 0 Å². The van der Waals surface area contributed by atoms with E-state index in [4.69, 9.17) is 11.6 Å². The molecule has 10 heteroatoms. The van der Waals surface area contributed by atoms with E-state index in [1.54, 1.807) is 16.8 Å². The van der Waals surface area contributed by atoms with Gasteiger partial charge in [-0.05, 0) is 37.8 Å². The lowest BCUT2D eigenvalue weighted by Gasteiger charge is -2.26. The van der Waals surface area contributed by atoms with Crippen LogP contribution in [-0.4, -0.2) is 69.4 Å². The maximum absolute atomic E-state index is 13.3. The first-order valence-electron chi connectivity index (χ1n) is 12.5. The van der Waals surface area contributed by atoms with Gasteiger partial charge < -0.3 is 9.80 Å². The number of urea groups is 1. The minimum absolute atomic E-state index is 0.000751. The van der Waals surface area contributed by atoms with Gasteiger partial charge in [0, 0.05) is 44.3 Å². The number of ketones is 5. The van der Waals surface area contributed by atoms with Crippen LogP contribution < -0.4 is 0 Å². The largest absolute Gasteiger partial charge is 0.326 e. The average Bonchev–Trinajstić information content (AvgIpc) is 3.08. The van der Waals surface area contributed by atoms with Crippen molar-refractivity contribution in [2.45, 2.75) is 70.4 Å². The van der Waals surface area contributed by atoms with Gasteiger partial charge in [0.25, 0.3) is 0 Å². The van der Waals surface area contributed by atoms with Crippen LogP contribution in [0.15, 0.2) is 12.1 Å². The molecule has 3 fully saturated rings. The Bertz CT molecular complexity index is 1100. The van der Waals surface area contributed by atoms with Crippen molar-refractivity contribution < 1.29 is 28.8 Å². The van der Waals surface area contributed by atoms with Gasteiger partial charge >= 0.3 is 6.03 Å². The van der Waals surface area contributed by atoms with Crippen LogP contribution in [0.5, 0.6) is 0 Å². The molecule has 0 N–H and O–H groups in total. The van der Waals surface area contributed by atoms with E-state index in [9.17, 15) is 28.8 Å². The normalized spacial score (nSPS) is 23.7. The molecular weight excluding hydrogens is 486 g/mol. The number of hydrogen-bond acceptors (Lipinski definition) is 7. The summed E-state index contributed by atoms with van der Waals surface area (Å²) >= 11 is 6.12. The molecule has 0 aromatic carbocycles. The Morgan fingerprint density at radius 1 is 1.03 bits per heavy atom. The Kier molecular flexibility index (Phi) is 7.97. The topological polar surface area (TPSA) is 122 Å². The van der Waals surface area contributed by atoms with Gasteiger partial charge in [0.05, 0.1) is 24.7 Å². The second-order valence-corrected chi connectivity index (χ2v) is 10.4. The zero-order valence-electron chi connectivity index (χ0n) is 20.3. The number of aromatic nitrogens is 1. The fourth-order valence-electron chi connectivity index (χ4n) is 5.47. The zero-order valence-corrected chi connectivity index (χ0v) is 21.1. The summed E-state index contributed by atoms with van der Waals surface area (Å²) in [7, 11) is 1.70. The number of carbonyl (C=O) groups excluding carboxylic acids is 6. The number of halogens is 1. The van der Waals surface area contributed by atoms with Crippen molar-refractivity contribution in [2.75, 3.05) is 13.6 Å². The highest BCUT2D eigenvalue weighted by molar-refractivity contribution is 6.30. The third-order valence-corrected chi connectivity index (χ3v) is 7.67. The van der Waals surface area contributed by atoms with Crippen LogP contribution in [0.1, 0.15) is 73.8 Å². The van der Waals surface area contributed by atoms with Gasteiger partial charge in [-0.3, -0.25) is 24.0 Å². The van der Waals surface area contributed by atoms with Crippen LogP contribution in [0.25, 0.3) is 0 Å². The molecule has 36 heavy (non-hydrogen) atoms. The summed E-state index contributed by atoms with van der Waals surface area (Å²) < 4.78 is 0. The highest BCUT2D eigenvalue weighted by atomic mass is 35.5. The molecule has 0 radical (unpaired) electrons. The first kappa shape index (κ1) is 26.1. The molecule has 3 aliphatic rings. The second-order valence-electron chi connectivity index (χ2n) is 10.0. The molecule has 2 saturated carbocycles. The predicted molar refractivity (Wildman–Crippen MR) is 129 cm³/mol. The Hall–Kier alpha value is -2.94. The van der Waals surface area contributed by atoms with Gasteiger partial charge in [-0.2, -0.15) is 0 Å². The van der Waals surface area contributed by atoms with Crippen molar-refractivity contribution in [1.82, 2.24) is 14.8 Å². The zero-order chi connectivity index (χ0) is 26.0. The molecule has 2 aliphatic carbocycles. The van der Waals surface area contributed by atoms with Crippen LogP contribution in [0.4, 0.5) is 4.79 Å². The summed E-state index contributed by atoms with van der Waals surface area (Å²) in [6, 6.07) is 2.53. The molecule has 2 heterocycles. The monoisotopic (exact) mass is 515 g/mol. The molecule has 2 atom stereocenters. The number of hydrogen-bond donors (Lipinski definition) is 0. The third-order valence-electron chi connectivity index (χ3n) is 7.46. The van der Waals surface area contributed by atoms with E-state index in [2.05, 4.69) is 4.98 Å². The molecular formula is C26H30ClN3O6. The van der Waals surface area contributed by atoms with E-state index >= 15 is 0 Å².